The number of carbonyl (C=O) groups excluding carboxylic acids is 1. The third-order valence-corrected chi connectivity index (χ3v) is 6.15. The minimum Gasteiger partial charge on any atom is -0.372 e. The highest BCUT2D eigenvalue weighted by atomic mass is 32.2. The summed E-state index contributed by atoms with van der Waals surface area (Å²) in [6.07, 6.45) is 4.03. The number of aromatic nitrogens is 2. The number of anilines is 2. The lowest BCUT2D eigenvalue weighted by atomic mass is 9.99. The molecule has 1 saturated heterocycles. The van der Waals surface area contributed by atoms with Crippen LogP contribution in [0.25, 0.3) is 10.9 Å². The van der Waals surface area contributed by atoms with E-state index in [-0.39, 0.29) is 5.91 Å². The van der Waals surface area contributed by atoms with Crippen molar-refractivity contribution in [3.05, 3.63) is 54.9 Å². The van der Waals surface area contributed by atoms with Crippen LogP contribution in [0.3, 0.4) is 0 Å². The zero-order valence-electron chi connectivity index (χ0n) is 16.0. The van der Waals surface area contributed by atoms with Gasteiger partial charge in [-0.05, 0) is 49.1 Å². The molecule has 0 radical (unpaired) electrons. The predicted octanol–water partition coefficient (Wildman–Crippen LogP) is 4.60. The molecule has 0 saturated carbocycles. The number of fused-ring (bicyclic) bond motifs is 1. The lowest BCUT2D eigenvalue weighted by Gasteiger charge is -2.32. The third-order valence-electron chi connectivity index (χ3n) is 5.15. The molecular formula is C22H24N4OS. The Kier molecular flexibility index (Phi) is 5.76. The molecule has 28 heavy (non-hydrogen) atoms. The van der Waals surface area contributed by atoms with E-state index < -0.39 is 0 Å². The van der Waals surface area contributed by atoms with Crippen LogP contribution in [0.2, 0.25) is 0 Å². The summed E-state index contributed by atoms with van der Waals surface area (Å²) in [4.78, 5) is 23.4. The van der Waals surface area contributed by atoms with Crippen LogP contribution in [0.15, 0.2) is 59.9 Å². The van der Waals surface area contributed by atoms with Crippen molar-refractivity contribution in [1.29, 1.82) is 0 Å². The van der Waals surface area contributed by atoms with E-state index in [0.29, 0.717) is 5.75 Å². The lowest BCUT2D eigenvalue weighted by molar-refractivity contribution is -0.113. The molecule has 1 fully saturated rings. The van der Waals surface area contributed by atoms with Gasteiger partial charge in [0.25, 0.3) is 0 Å². The number of carbonyl (C=O) groups is 1. The molecule has 3 aromatic rings. The summed E-state index contributed by atoms with van der Waals surface area (Å²) in [7, 11) is 0. The Labute approximate surface area is 169 Å². The average Bonchev–Trinajstić information content (AvgIpc) is 2.73. The second-order valence-corrected chi connectivity index (χ2v) is 8.21. The molecule has 2 heterocycles. The Balaban J connectivity index is 1.33. The van der Waals surface area contributed by atoms with Crippen LogP contribution in [-0.2, 0) is 4.79 Å². The van der Waals surface area contributed by atoms with Gasteiger partial charge in [0.15, 0.2) is 0 Å². The summed E-state index contributed by atoms with van der Waals surface area (Å²) in [6, 6.07) is 16.0. The standard InChI is InChI=1S/C22H24N4OS/c1-16-10-12-26(13-11-16)18-8-6-17(7-9-18)25-21(27)14-28-22-19-4-2-3-5-20(19)23-15-24-22/h2-9,15-16H,10-14H2,1H3,(H,25,27). The van der Waals surface area contributed by atoms with Crippen LogP contribution in [0, 0.1) is 5.92 Å². The van der Waals surface area contributed by atoms with Gasteiger partial charge < -0.3 is 10.2 Å². The van der Waals surface area contributed by atoms with Gasteiger partial charge in [0.05, 0.1) is 11.3 Å². The number of hydrogen-bond acceptors (Lipinski definition) is 5. The summed E-state index contributed by atoms with van der Waals surface area (Å²) in [6.45, 7) is 4.53. The largest absolute Gasteiger partial charge is 0.372 e. The zero-order valence-corrected chi connectivity index (χ0v) is 16.8. The molecular weight excluding hydrogens is 368 g/mol. The van der Waals surface area contributed by atoms with Crippen molar-refractivity contribution in [2.45, 2.75) is 24.8 Å². The molecule has 1 aromatic heterocycles. The molecule has 1 aliphatic heterocycles. The van der Waals surface area contributed by atoms with Gasteiger partial charge in [-0.25, -0.2) is 9.97 Å². The second kappa shape index (κ2) is 8.61. The van der Waals surface area contributed by atoms with E-state index in [4.69, 9.17) is 0 Å². The van der Waals surface area contributed by atoms with Crippen molar-refractivity contribution in [2.24, 2.45) is 5.92 Å². The van der Waals surface area contributed by atoms with Gasteiger partial charge in [-0.15, -0.1) is 0 Å². The average molecular weight is 393 g/mol. The molecule has 1 aliphatic rings. The molecule has 0 unspecified atom stereocenters. The van der Waals surface area contributed by atoms with Crippen molar-refractivity contribution in [1.82, 2.24) is 9.97 Å². The molecule has 5 nitrogen and oxygen atoms in total. The maximum absolute atomic E-state index is 12.4. The van der Waals surface area contributed by atoms with Crippen LogP contribution in [0.4, 0.5) is 11.4 Å². The number of thioether (sulfide) groups is 1. The first-order valence-electron chi connectivity index (χ1n) is 9.66. The fourth-order valence-electron chi connectivity index (χ4n) is 3.45. The summed E-state index contributed by atoms with van der Waals surface area (Å²) >= 11 is 1.43. The number of para-hydroxylation sites is 1. The van der Waals surface area contributed by atoms with Crippen molar-refractivity contribution in [2.75, 3.05) is 29.1 Å². The minimum atomic E-state index is -0.0350. The number of piperidine rings is 1. The van der Waals surface area contributed by atoms with E-state index in [2.05, 4.69) is 39.2 Å². The van der Waals surface area contributed by atoms with Crippen molar-refractivity contribution < 1.29 is 4.79 Å². The van der Waals surface area contributed by atoms with E-state index in [1.807, 2.05) is 36.4 Å². The van der Waals surface area contributed by atoms with Crippen molar-refractivity contribution in [3.63, 3.8) is 0 Å². The summed E-state index contributed by atoms with van der Waals surface area (Å²) < 4.78 is 0. The normalized spacial score (nSPS) is 15.0. The Morgan fingerprint density at radius 3 is 2.64 bits per heavy atom. The number of hydrogen-bond donors (Lipinski definition) is 1. The van der Waals surface area contributed by atoms with Gasteiger partial charge in [0, 0.05) is 29.9 Å². The monoisotopic (exact) mass is 392 g/mol. The maximum atomic E-state index is 12.4. The highest BCUT2D eigenvalue weighted by molar-refractivity contribution is 8.00. The molecule has 0 aliphatic carbocycles. The first-order valence-corrected chi connectivity index (χ1v) is 10.6. The number of nitrogens with zero attached hydrogens (tertiary/aromatic N) is 3. The highest BCUT2D eigenvalue weighted by Gasteiger charge is 2.16. The quantitative estimate of drug-likeness (QED) is 0.508. The number of nitrogens with one attached hydrogen (secondary N) is 1. The van der Waals surface area contributed by atoms with Gasteiger partial charge >= 0.3 is 0 Å². The van der Waals surface area contributed by atoms with E-state index in [9.17, 15) is 4.79 Å². The predicted molar refractivity (Wildman–Crippen MR) is 116 cm³/mol. The molecule has 1 amide bonds. The van der Waals surface area contributed by atoms with Crippen LogP contribution in [-0.4, -0.2) is 34.7 Å². The van der Waals surface area contributed by atoms with Crippen LogP contribution in [0.1, 0.15) is 19.8 Å². The van der Waals surface area contributed by atoms with Crippen molar-refractivity contribution >= 4 is 39.9 Å². The molecule has 4 rings (SSSR count). The van der Waals surface area contributed by atoms with Crippen LogP contribution < -0.4 is 10.2 Å². The first-order chi connectivity index (χ1) is 13.7. The molecule has 0 spiro atoms. The van der Waals surface area contributed by atoms with Crippen LogP contribution in [0.5, 0.6) is 0 Å². The summed E-state index contributed by atoms with van der Waals surface area (Å²) in [5, 5.41) is 4.78. The van der Waals surface area contributed by atoms with Crippen LogP contribution >= 0.6 is 11.8 Å². The third kappa shape index (κ3) is 4.44. The first kappa shape index (κ1) is 18.7. The molecule has 0 atom stereocenters. The Hall–Kier alpha value is -2.60. The van der Waals surface area contributed by atoms with Gasteiger partial charge in [-0.1, -0.05) is 36.9 Å². The van der Waals surface area contributed by atoms with Gasteiger partial charge in [-0.3, -0.25) is 4.79 Å². The van der Waals surface area contributed by atoms with E-state index in [0.717, 1.165) is 40.6 Å². The Bertz CT molecular complexity index is 947. The SMILES string of the molecule is CC1CCN(c2ccc(NC(=O)CSc3ncnc4ccccc34)cc2)CC1. The Morgan fingerprint density at radius 1 is 1.11 bits per heavy atom. The van der Waals surface area contributed by atoms with Gasteiger partial charge in [0.1, 0.15) is 11.4 Å². The zero-order chi connectivity index (χ0) is 19.3. The van der Waals surface area contributed by atoms with E-state index >= 15 is 0 Å². The minimum absolute atomic E-state index is 0.0350. The lowest BCUT2D eigenvalue weighted by Crippen LogP contribution is -2.32. The van der Waals surface area contributed by atoms with E-state index in [1.165, 1.54) is 30.3 Å². The smallest absolute Gasteiger partial charge is 0.234 e. The maximum Gasteiger partial charge on any atom is 0.234 e. The second-order valence-electron chi connectivity index (χ2n) is 7.25. The fraction of sp³-hybridized carbons (Fsp3) is 0.318. The number of amides is 1. The van der Waals surface area contributed by atoms with Gasteiger partial charge in [-0.2, -0.15) is 0 Å². The topological polar surface area (TPSA) is 58.1 Å². The molecule has 1 N–H and O–H groups in total. The summed E-state index contributed by atoms with van der Waals surface area (Å²) in [5.41, 5.74) is 2.95. The fourth-order valence-corrected chi connectivity index (χ4v) is 4.24. The highest BCUT2D eigenvalue weighted by Crippen LogP contribution is 2.26. The molecule has 144 valence electrons. The molecule has 6 heteroatoms. The number of benzene rings is 2. The van der Waals surface area contributed by atoms with Crippen molar-refractivity contribution in [3.8, 4) is 0 Å². The molecule has 2 aromatic carbocycles. The number of rotatable bonds is 5. The van der Waals surface area contributed by atoms with Gasteiger partial charge in [0.2, 0.25) is 5.91 Å². The summed E-state index contributed by atoms with van der Waals surface area (Å²) in [5.74, 6) is 1.10. The molecule has 0 bridgehead atoms. The Morgan fingerprint density at radius 2 is 1.86 bits per heavy atom. The van der Waals surface area contributed by atoms with E-state index in [1.54, 1.807) is 6.33 Å².